The molecule has 0 aromatic heterocycles. The largest absolute Gasteiger partial charge is 0.347 e. The first-order valence-corrected chi connectivity index (χ1v) is 5.68. The molecule has 1 amide bonds. The van der Waals surface area contributed by atoms with Gasteiger partial charge in [-0.1, -0.05) is 0 Å². The number of hydrogen-bond acceptors (Lipinski definition) is 3. The van der Waals surface area contributed by atoms with E-state index in [0.717, 1.165) is 31.4 Å². The summed E-state index contributed by atoms with van der Waals surface area (Å²) in [5.41, 5.74) is -0.807. The minimum absolute atomic E-state index is 0.108. The summed E-state index contributed by atoms with van der Waals surface area (Å²) in [4.78, 5) is 21.6. The minimum atomic E-state index is -0.939. The molecule has 1 N–H and O–H groups in total. The van der Waals surface area contributed by atoms with Gasteiger partial charge in [0.05, 0.1) is 4.92 Å². The zero-order valence-corrected chi connectivity index (χ0v) is 9.90. The predicted octanol–water partition coefficient (Wildman–Crippen LogP) is 2.41. The molecule has 0 heterocycles. The maximum Gasteiger partial charge on any atom is 0.305 e. The second-order valence-corrected chi connectivity index (χ2v) is 4.79. The van der Waals surface area contributed by atoms with E-state index in [4.69, 9.17) is 0 Å². The molecule has 1 aliphatic carbocycles. The normalized spacial score (nSPS) is 16.8. The molecule has 0 spiro atoms. The van der Waals surface area contributed by atoms with Crippen LogP contribution in [-0.2, 0) is 0 Å². The summed E-state index contributed by atoms with van der Waals surface area (Å²) < 4.78 is 13.1. The van der Waals surface area contributed by atoms with Gasteiger partial charge in [0.15, 0.2) is 0 Å². The van der Waals surface area contributed by atoms with Gasteiger partial charge >= 0.3 is 5.69 Å². The quantitative estimate of drug-likeness (QED) is 0.663. The van der Waals surface area contributed by atoms with Gasteiger partial charge in [0, 0.05) is 17.2 Å². The van der Waals surface area contributed by atoms with Crippen molar-refractivity contribution in [3.05, 3.63) is 39.7 Å². The van der Waals surface area contributed by atoms with Crippen LogP contribution in [0.4, 0.5) is 10.1 Å². The minimum Gasteiger partial charge on any atom is -0.347 e. The van der Waals surface area contributed by atoms with Gasteiger partial charge < -0.3 is 5.32 Å². The molecular weight excluding hydrogens is 239 g/mol. The number of nitrogens with zero attached hydrogens (tertiary/aromatic N) is 1. The third kappa shape index (κ3) is 2.32. The number of carbonyl (C=O) groups excluding carboxylic acids is 1. The molecule has 1 fully saturated rings. The third-order valence-corrected chi connectivity index (χ3v) is 3.28. The van der Waals surface area contributed by atoms with Gasteiger partial charge in [-0.05, 0) is 38.3 Å². The van der Waals surface area contributed by atoms with Crippen molar-refractivity contribution in [2.45, 2.75) is 31.7 Å². The Morgan fingerprint density at radius 3 is 2.67 bits per heavy atom. The lowest BCUT2D eigenvalue weighted by atomic mass is 9.78. The van der Waals surface area contributed by atoms with Crippen molar-refractivity contribution in [1.82, 2.24) is 5.32 Å². The van der Waals surface area contributed by atoms with E-state index in [1.165, 1.54) is 6.07 Å². The molecule has 0 aliphatic heterocycles. The predicted molar refractivity (Wildman–Crippen MR) is 62.8 cm³/mol. The van der Waals surface area contributed by atoms with Crippen molar-refractivity contribution >= 4 is 11.6 Å². The standard InChI is InChI=1S/C12H13FN2O3/c1-12(5-2-6-12)14-11(16)8-3-4-9(13)10(7-8)15(17)18/h3-4,7H,2,5-6H2,1H3,(H,14,16). The van der Waals surface area contributed by atoms with Crippen molar-refractivity contribution in [2.24, 2.45) is 0 Å². The van der Waals surface area contributed by atoms with Gasteiger partial charge in [0.25, 0.3) is 5.91 Å². The maximum atomic E-state index is 13.1. The first-order valence-electron chi connectivity index (χ1n) is 5.68. The van der Waals surface area contributed by atoms with Crippen LogP contribution < -0.4 is 5.32 Å². The Morgan fingerprint density at radius 2 is 2.17 bits per heavy atom. The van der Waals surface area contributed by atoms with Gasteiger partial charge in [-0.2, -0.15) is 4.39 Å². The van der Waals surface area contributed by atoms with Crippen LogP contribution in [0, 0.1) is 15.9 Å². The van der Waals surface area contributed by atoms with Crippen LogP contribution in [0.1, 0.15) is 36.5 Å². The van der Waals surface area contributed by atoms with Gasteiger partial charge in [-0.25, -0.2) is 0 Å². The number of benzene rings is 1. The molecule has 0 bridgehead atoms. The number of nitrogens with one attached hydrogen (secondary N) is 1. The van der Waals surface area contributed by atoms with E-state index >= 15 is 0 Å². The van der Waals surface area contributed by atoms with E-state index in [9.17, 15) is 19.3 Å². The number of hydrogen-bond donors (Lipinski definition) is 1. The molecule has 1 aromatic carbocycles. The number of nitro groups is 1. The van der Waals surface area contributed by atoms with Gasteiger partial charge in [-0.3, -0.25) is 14.9 Å². The molecule has 1 aromatic rings. The Balaban J connectivity index is 2.20. The number of carbonyl (C=O) groups is 1. The summed E-state index contributed by atoms with van der Waals surface area (Å²) in [5.74, 6) is -1.34. The van der Waals surface area contributed by atoms with Crippen molar-refractivity contribution in [3.63, 3.8) is 0 Å². The van der Waals surface area contributed by atoms with Crippen molar-refractivity contribution < 1.29 is 14.1 Å². The maximum absolute atomic E-state index is 13.1. The van der Waals surface area contributed by atoms with Gasteiger partial charge in [-0.15, -0.1) is 0 Å². The fraction of sp³-hybridized carbons (Fsp3) is 0.417. The molecule has 18 heavy (non-hydrogen) atoms. The molecular formula is C12H13FN2O3. The summed E-state index contributed by atoms with van der Waals surface area (Å²) in [6.07, 6.45) is 2.84. The highest BCUT2D eigenvalue weighted by atomic mass is 19.1. The monoisotopic (exact) mass is 252 g/mol. The van der Waals surface area contributed by atoms with E-state index in [2.05, 4.69) is 5.32 Å². The molecule has 6 heteroatoms. The lowest BCUT2D eigenvalue weighted by Gasteiger charge is -2.39. The summed E-state index contributed by atoms with van der Waals surface area (Å²) in [5, 5.41) is 13.4. The number of nitro benzene ring substituents is 1. The van der Waals surface area contributed by atoms with E-state index in [-0.39, 0.29) is 11.1 Å². The lowest BCUT2D eigenvalue weighted by Crippen LogP contribution is -2.50. The van der Waals surface area contributed by atoms with Crippen molar-refractivity contribution in [3.8, 4) is 0 Å². The second-order valence-electron chi connectivity index (χ2n) is 4.79. The average molecular weight is 252 g/mol. The smallest absolute Gasteiger partial charge is 0.305 e. The number of halogens is 1. The van der Waals surface area contributed by atoms with Crippen LogP contribution in [0.25, 0.3) is 0 Å². The number of amides is 1. The van der Waals surface area contributed by atoms with Crippen molar-refractivity contribution in [1.29, 1.82) is 0 Å². The highest BCUT2D eigenvalue weighted by Gasteiger charge is 2.33. The Bertz CT molecular complexity index is 512. The molecule has 96 valence electrons. The second kappa shape index (κ2) is 4.36. The molecule has 0 saturated heterocycles. The summed E-state index contributed by atoms with van der Waals surface area (Å²) in [6, 6.07) is 3.16. The van der Waals surface area contributed by atoms with Crippen LogP contribution in [0.3, 0.4) is 0 Å². The zero-order chi connectivity index (χ0) is 13.3. The molecule has 2 rings (SSSR count). The van der Waals surface area contributed by atoms with E-state index in [0.29, 0.717) is 0 Å². The van der Waals surface area contributed by atoms with E-state index < -0.39 is 22.3 Å². The first kappa shape index (κ1) is 12.5. The van der Waals surface area contributed by atoms with Crippen LogP contribution >= 0.6 is 0 Å². The molecule has 5 nitrogen and oxygen atoms in total. The molecule has 0 unspecified atom stereocenters. The number of rotatable bonds is 3. The van der Waals surface area contributed by atoms with E-state index in [1.807, 2.05) is 6.92 Å². The summed E-state index contributed by atoms with van der Waals surface area (Å²) in [6.45, 7) is 1.92. The highest BCUT2D eigenvalue weighted by Crippen LogP contribution is 2.31. The SMILES string of the molecule is CC1(NC(=O)c2ccc(F)c([N+](=O)[O-])c2)CCC1. The topological polar surface area (TPSA) is 72.2 Å². The van der Waals surface area contributed by atoms with E-state index in [1.54, 1.807) is 0 Å². The molecule has 1 saturated carbocycles. The van der Waals surface area contributed by atoms with Gasteiger partial charge in [0.1, 0.15) is 0 Å². The molecule has 1 aliphatic rings. The van der Waals surface area contributed by atoms with Crippen LogP contribution in [0.15, 0.2) is 18.2 Å². The third-order valence-electron chi connectivity index (χ3n) is 3.28. The Labute approximate surface area is 103 Å². The molecule has 0 radical (unpaired) electrons. The van der Waals surface area contributed by atoms with Crippen LogP contribution in [-0.4, -0.2) is 16.4 Å². The zero-order valence-electron chi connectivity index (χ0n) is 9.90. The summed E-state index contributed by atoms with van der Waals surface area (Å²) in [7, 11) is 0. The Hall–Kier alpha value is -1.98. The Kier molecular flexibility index (Phi) is 3.02. The fourth-order valence-electron chi connectivity index (χ4n) is 1.97. The lowest BCUT2D eigenvalue weighted by molar-refractivity contribution is -0.387. The highest BCUT2D eigenvalue weighted by molar-refractivity contribution is 5.95. The van der Waals surface area contributed by atoms with Crippen molar-refractivity contribution in [2.75, 3.05) is 0 Å². The van der Waals surface area contributed by atoms with Crippen LogP contribution in [0.5, 0.6) is 0 Å². The summed E-state index contributed by atoms with van der Waals surface area (Å²) >= 11 is 0. The van der Waals surface area contributed by atoms with Gasteiger partial charge in [0.2, 0.25) is 5.82 Å². The first-order chi connectivity index (χ1) is 8.41. The fourth-order valence-corrected chi connectivity index (χ4v) is 1.97. The average Bonchev–Trinajstić information content (AvgIpc) is 2.27. The Morgan fingerprint density at radius 1 is 1.50 bits per heavy atom. The van der Waals surface area contributed by atoms with Crippen LogP contribution in [0.2, 0.25) is 0 Å². The molecule has 0 atom stereocenters.